The molecular weight excluding hydrogens is 426 g/mol. The monoisotopic (exact) mass is 443 g/mol. The van der Waals surface area contributed by atoms with Crippen LogP contribution >= 0.6 is 27.7 Å². The van der Waals surface area contributed by atoms with Gasteiger partial charge in [0.25, 0.3) is 5.91 Å². The van der Waals surface area contributed by atoms with E-state index in [1.54, 1.807) is 6.21 Å². The van der Waals surface area contributed by atoms with E-state index in [0.717, 1.165) is 28.0 Å². The van der Waals surface area contributed by atoms with Gasteiger partial charge in [-0.2, -0.15) is 5.10 Å². The molecule has 0 fully saturated rings. The summed E-state index contributed by atoms with van der Waals surface area (Å²) in [6, 6.07) is 17.5. The number of rotatable bonds is 7. The van der Waals surface area contributed by atoms with Gasteiger partial charge in [0.15, 0.2) is 11.0 Å². The number of hydrazone groups is 1. The molecule has 1 N–H and O–H groups in total. The molecule has 1 amide bonds. The number of hydrogen-bond acceptors (Lipinski definition) is 5. The minimum atomic E-state index is -0.196. The van der Waals surface area contributed by atoms with Crippen molar-refractivity contribution in [2.75, 3.05) is 5.75 Å². The van der Waals surface area contributed by atoms with Crippen molar-refractivity contribution in [3.8, 4) is 11.4 Å². The summed E-state index contributed by atoms with van der Waals surface area (Å²) in [5, 5.41) is 13.2. The lowest BCUT2D eigenvalue weighted by molar-refractivity contribution is -0.118. The molecule has 3 aromatic rings. The van der Waals surface area contributed by atoms with E-state index in [1.807, 2.05) is 66.1 Å². The molecule has 138 valence electrons. The Morgan fingerprint density at radius 2 is 2.04 bits per heavy atom. The van der Waals surface area contributed by atoms with Crippen LogP contribution in [0.15, 0.2) is 69.3 Å². The van der Waals surface area contributed by atoms with E-state index < -0.39 is 0 Å². The number of benzene rings is 2. The molecular formula is C19H18BrN5OS. The molecule has 1 aromatic heterocycles. The first-order chi connectivity index (χ1) is 13.2. The summed E-state index contributed by atoms with van der Waals surface area (Å²) >= 11 is 4.74. The number of nitrogens with one attached hydrogen (secondary N) is 1. The molecule has 0 unspecified atom stereocenters. The van der Waals surface area contributed by atoms with Crippen molar-refractivity contribution in [1.82, 2.24) is 20.2 Å². The number of amides is 1. The van der Waals surface area contributed by atoms with Crippen LogP contribution in [0.5, 0.6) is 0 Å². The Morgan fingerprint density at radius 1 is 1.22 bits per heavy atom. The highest BCUT2D eigenvalue weighted by atomic mass is 79.9. The maximum Gasteiger partial charge on any atom is 0.250 e. The second-order valence-electron chi connectivity index (χ2n) is 5.55. The molecule has 0 atom stereocenters. The van der Waals surface area contributed by atoms with Gasteiger partial charge in [-0.1, -0.05) is 70.2 Å². The zero-order valence-electron chi connectivity index (χ0n) is 14.7. The molecule has 2 aromatic carbocycles. The van der Waals surface area contributed by atoms with E-state index >= 15 is 0 Å². The molecule has 0 saturated heterocycles. The predicted octanol–water partition coefficient (Wildman–Crippen LogP) is 3.97. The lowest BCUT2D eigenvalue weighted by Crippen LogP contribution is -2.20. The SMILES string of the molecule is CCn1c(SCC(=O)N/N=C\c2cccc(Br)c2)nnc1-c1ccccc1. The summed E-state index contributed by atoms with van der Waals surface area (Å²) in [5.41, 5.74) is 4.43. The molecule has 0 aliphatic heterocycles. The maximum atomic E-state index is 12.0. The number of aromatic nitrogens is 3. The van der Waals surface area contributed by atoms with Gasteiger partial charge in [0.2, 0.25) is 0 Å². The highest BCUT2D eigenvalue weighted by Gasteiger charge is 2.14. The maximum absolute atomic E-state index is 12.0. The van der Waals surface area contributed by atoms with Crippen LogP contribution in [0.4, 0.5) is 0 Å². The Kier molecular flexibility index (Phi) is 6.78. The van der Waals surface area contributed by atoms with E-state index in [4.69, 9.17) is 0 Å². The third-order valence-electron chi connectivity index (χ3n) is 3.65. The van der Waals surface area contributed by atoms with Crippen molar-refractivity contribution in [3.05, 3.63) is 64.6 Å². The van der Waals surface area contributed by atoms with E-state index in [1.165, 1.54) is 11.8 Å². The molecule has 0 aliphatic rings. The molecule has 8 heteroatoms. The summed E-state index contributed by atoms with van der Waals surface area (Å²) in [4.78, 5) is 12.0. The summed E-state index contributed by atoms with van der Waals surface area (Å²) in [6.45, 7) is 2.75. The van der Waals surface area contributed by atoms with E-state index in [-0.39, 0.29) is 11.7 Å². The smallest absolute Gasteiger partial charge is 0.250 e. The van der Waals surface area contributed by atoms with Crippen LogP contribution < -0.4 is 5.43 Å². The largest absolute Gasteiger partial charge is 0.302 e. The van der Waals surface area contributed by atoms with Crippen LogP contribution in [0.25, 0.3) is 11.4 Å². The van der Waals surface area contributed by atoms with Gasteiger partial charge in [0.05, 0.1) is 12.0 Å². The summed E-state index contributed by atoms with van der Waals surface area (Å²) in [5.74, 6) is 0.815. The second kappa shape index (κ2) is 9.48. The topological polar surface area (TPSA) is 72.2 Å². The molecule has 1 heterocycles. The van der Waals surface area contributed by atoms with Crippen molar-refractivity contribution in [3.63, 3.8) is 0 Å². The van der Waals surface area contributed by atoms with Gasteiger partial charge in [0.1, 0.15) is 0 Å². The minimum Gasteiger partial charge on any atom is -0.302 e. The van der Waals surface area contributed by atoms with E-state index in [0.29, 0.717) is 5.16 Å². The Morgan fingerprint density at radius 3 is 2.78 bits per heavy atom. The lowest BCUT2D eigenvalue weighted by atomic mass is 10.2. The zero-order chi connectivity index (χ0) is 19.1. The molecule has 3 rings (SSSR count). The van der Waals surface area contributed by atoms with Gasteiger partial charge >= 0.3 is 0 Å². The van der Waals surface area contributed by atoms with Crippen LogP contribution in [0.2, 0.25) is 0 Å². The van der Waals surface area contributed by atoms with Gasteiger partial charge < -0.3 is 4.57 Å². The average molecular weight is 444 g/mol. The molecule has 0 radical (unpaired) electrons. The van der Waals surface area contributed by atoms with E-state index in [2.05, 4.69) is 36.7 Å². The summed E-state index contributed by atoms with van der Waals surface area (Å²) in [7, 11) is 0. The lowest BCUT2D eigenvalue weighted by Gasteiger charge is -2.06. The van der Waals surface area contributed by atoms with Gasteiger partial charge in [-0.3, -0.25) is 4.79 Å². The Bertz CT molecular complexity index is 942. The number of carbonyl (C=O) groups excluding carboxylic acids is 1. The first-order valence-electron chi connectivity index (χ1n) is 8.36. The summed E-state index contributed by atoms with van der Waals surface area (Å²) in [6.07, 6.45) is 1.61. The highest BCUT2D eigenvalue weighted by molar-refractivity contribution is 9.10. The first-order valence-corrected chi connectivity index (χ1v) is 10.1. The molecule has 27 heavy (non-hydrogen) atoms. The van der Waals surface area contributed by atoms with Crippen LogP contribution in [0, 0.1) is 0 Å². The normalized spacial score (nSPS) is 11.0. The fraction of sp³-hybridized carbons (Fsp3) is 0.158. The van der Waals surface area contributed by atoms with Crippen molar-refractivity contribution < 1.29 is 4.79 Å². The van der Waals surface area contributed by atoms with Gasteiger partial charge in [-0.25, -0.2) is 5.43 Å². The molecule has 6 nitrogen and oxygen atoms in total. The van der Waals surface area contributed by atoms with Crippen LogP contribution in [0.3, 0.4) is 0 Å². The standard InChI is InChI=1S/C19H18BrN5OS/c1-2-25-18(15-8-4-3-5-9-15)23-24-19(25)27-13-17(26)22-21-12-14-7-6-10-16(20)11-14/h3-12H,2,13H2,1H3,(H,22,26)/b21-12-. The minimum absolute atomic E-state index is 0.196. The van der Waals surface area contributed by atoms with Crippen LogP contribution in [-0.4, -0.2) is 32.6 Å². The molecule has 0 aliphatic carbocycles. The number of halogens is 1. The molecule has 0 spiro atoms. The van der Waals surface area contributed by atoms with Crippen molar-refractivity contribution >= 4 is 39.8 Å². The molecule has 0 bridgehead atoms. The van der Waals surface area contributed by atoms with Crippen molar-refractivity contribution in [1.29, 1.82) is 0 Å². The zero-order valence-corrected chi connectivity index (χ0v) is 17.1. The number of carbonyl (C=O) groups is 1. The van der Waals surface area contributed by atoms with Crippen molar-refractivity contribution in [2.45, 2.75) is 18.6 Å². The third-order valence-corrected chi connectivity index (χ3v) is 5.11. The average Bonchev–Trinajstić information content (AvgIpc) is 3.10. The Balaban J connectivity index is 1.58. The summed E-state index contributed by atoms with van der Waals surface area (Å²) < 4.78 is 2.96. The Labute approximate surface area is 170 Å². The Hall–Kier alpha value is -2.45. The predicted molar refractivity (Wildman–Crippen MR) is 112 cm³/mol. The number of hydrogen-bond donors (Lipinski definition) is 1. The quantitative estimate of drug-likeness (QED) is 0.340. The van der Waals surface area contributed by atoms with Crippen LogP contribution in [-0.2, 0) is 11.3 Å². The highest BCUT2D eigenvalue weighted by Crippen LogP contribution is 2.23. The molecule has 0 saturated carbocycles. The van der Waals surface area contributed by atoms with Gasteiger partial charge in [-0.05, 0) is 24.6 Å². The third kappa shape index (κ3) is 5.27. The fourth-order valence-electron chi connectivity index (χ4n) is 2.41. The van der Waals surface area contributed by atoms with Gasteiger partial charge in [0, 0.05) is 16.6 Å². The van der Waals surface area contributed by atoms with Crippen LogP contribution in [0.1, 0.15) is 12.5 Å². The second-order valence-corrected chi connectivity index (χ2v) is 7.41. The first kappa shape index (κ1) is 19.3. The van der Waals surface area contributed by atoms with E-state index in [9.17, 15) is 4.79 Å². The number of nitrogens with zero attached hydrogens (tertiary/aromatic N) is 4. The van der Waals surface area contributed by atoms with Gasteiger partial charge in [-0.15, -0.1) is 10.2 Å². The van der Waals surface area contributed by atoms with Crippen molar-refractivity contribution in [2.24, 2.45) is 5.10 Å². The number of thioether (sulfide) groups is 1. The fourth-order valence-corrected chi connectivity index (χ4v) is 3.62.